The Labute approximate surface area is 87.4 Å². The van der Waals surface area contributed by atoms with E-state index in [9.17, 15) is 0 Å². The number of hydrogen-bond donors (Lipinski definition) is 0. The zero-order valence-electron chi connectivity index (χ0n) is 9.66. The van der Waals surface area contributed by atoms with Gasteiger partial charge in [-0.3, -0.25) is 0 Å². The fraction of sp³-hybridized carbons (Fsp3) is 0.750. The number of aryl methyl sites for hydroxylation is 1. The third-order valence-corrected chi connectivity index (χ3v) is 2.59. The standard InChI is InChI=1S/C12H22N2/c1-4-5-6-7-8-14-10-13-9-12(14)11(2)3/h9-11H,4-8H2,1-3H3. The van der Waals surface area contributed by atoms with E-state index >= 15 is 0 Å². The Hall–Kier alpha value is -0.790. The van der Waals surface area contributed by atoms with Crippen molar-refractivity contribution in [2.45, 2.75) is 58.9 Å². The molecule has 0 bridgehead atoms. The van der Waals surface area contributed by atoms with E-state index in [0.717, 1.165) is 6.54 Å². The van der Waals surface area contributed by atoms with Gasteiger partial charge < -0.3 is 4.57 Å². The van der Waals surface area contributed by atoms with Crippen LogP contribution in [0.1, 0.15) is 58.1 Å². The summed E-state index contributed by atoms with van der Waals surface area (Å²) in [5, 5.41) is 0. The van der Waals surface area contributed by atoms with Crippen molar-refractivity contribution in [1.29, 1.82) is 0 Å². The van der Waals surface area contributed by atoms with Gasteiger partial charge in [0.25, 0.3) is 0 Å². The van der Waals surface area contributed by atoms with Gasteiger partial charge in [0.05, 0.1) is 6.33 Å². The molecule has 0 unspecified atom stereocenters. The smallest absolute Gasteiger partial charge is 0.0948 e. The van der Waals surface area contributed by atoms with E-state index in [1.165, 1.54) is 31.4 Å². The highest BCUT2D eigenvalue weighted by Crippen LogP contribution is 2.14. The molecule has 2 heteroatoms. The van der Waals surface area contributed by atoms with E-state index in [1.807, 2.05) is 12.5 Å². The van der Waals surface area contributed by atoms with E-state index < -0.39 is 0 Å². The van der Waals surface area contributed by atoms with E-state index in [-0.39, 0.29) is 0 Å². The summed E-state index contributed by atoms with van der Waals surface area (Å²) in [6.45, 7) is 7.82. The topological polar surface area (TPSA) is 17.8 Å². The number of aromatic nitrogens is 2. The second-order valence-electron chi connectivity index (χ2n) is 4.23. The average molecular weight is 194 g/mol. The van der Waals surface area contributed by atoms with Gasteiger partial charge in [-0.25, -0.2) is 4.98 Å². The second-order valence-corrected chi connectivity index (χ2v) is 4.23. The Morgan fingerprint density at radius 1 is 1.29 bits per heavy atom. The highest BCUT2D eigenvalue weighted by Gasteiger charge is 2.04. The summed E-state index contributed by atoms with van der Waals surface area (Å²) in [6, 6.07) is 0. The summed E-state index contributed by atoms with van der Waals surface area (Å²) in [4.78, 5) is 4.21. The third kappa shape index (κ3) is 3.17. The first-order chi connectivity index (χ1) is 6.75. The predicted octanol–water partition coefficient (Wildman–Crippen LogP) is 3.59. The highest BCUT2D eigenvalue weighted by molar-refractivity contribution is 5.03. The van der Waals surface area contributed by atoms with Gasteiger partial charge in [-0.1, -0.05) is 40.0 Å². The second kappa shape index (κ2) is 5.84. The molecule has 80 valence electrons. The molecule has 0 spiro atoms. The van der Waals surface area contributed by atoms with Crippen molar-refractivity contribution in [2.75, 3.05) is 0 Å². The van der Waals surface area contributed by atoms with Crippen molar-refractivity contribution in [3.05, 3.63) is 18.2 Å². The van der Waals surface area contributed by atoms with Crippen LogP contribution in [-0.4, -0.2) is 9.55 Å². The first-order valence-electron chi connectivity index (χ1n) is 5.75. The van der Waals surface area contributed by atoms with Gasteiger partial charge in [0, 0.05) is 18.4 Å². The van der Waals surface area contributed by atoms with Crippen LogP contribution >= 0.6 is 0 Å². The molecule has 0 saturated carbocycles. The monoisotopic (exact) mass is 194 g/mol. The van der Waals surface area contributed by atoms with Gasteiger partial charge in [-0.15, -0.1) is 0 Å². The molecule has 0 radical (unpaired) electrons. The molecule has 0 N–H and O–H groups in total. The van der Waals surface area contributed by atoms with Crippen LogP contribution < -0.4 is 0 Å². The largest absolute Gasteiger partial charge is 0.334 e. The third-order valence-electron chi connectivity index (χ3n) is 2.59. The van der Waals surface area contributed by atoms with Crippen LogP contribution in [0.15, 0.2) is 12.5 Å². The minimum atomic E-state index is 0.587. The summed E-state index contributed by atoms with van der Waals surface area (Å²) in [6.07, 6.45) is 9.23. The summed E-state index contributed by atoms with van der Waals surface area (Å²) in [5.74, 6) is 0.587. The van der Waals surface area contributed by atoms with Gasteiger partial charge >= 0.3 is 0 Å². The molecule has 14 heavy (non-hydrogen) atoms. The molecular formula is C12H22N2. The molecule has 0 aliphatic rings. The Balaban J connectivity index is 2.38. The van der Waals surface area contributed by atoms with Crippen molar-refractivity contribution >= 4 is 0 Å². The van der Waals surface area contributed by atoms with Crippen LogP contribution in [0.3, 0.4) is 0 Å². The molecule has 0 saturated heterocycles. The molecule has 0 fully saturated rings. The Morgan fingerprint density at radius 3 is 2.71 bits per heavy atom. The minimum absolute atomic E-state index is 0.587. The molecule has 1 rings (SSSR count). The summed E-state index contributed by atoms with van der Waals surface area (Å²) in [7, 11) is 0. The predicted molar refractivity (Wildman–Crippen MR) is 60.5 cm³/mol. The quantitative estimate of drug-likeness (QED) is 0.633. The van der Waals surface area contributed by atoms with Crippen LogP contribution in [0.2, 0.25) is 0 Å². The van der Waals surface area contributed by atoms with E-state index in [1.54, 1.807) is 0 Å². The lowest BCUT2D eigenvalue weighted by atomic mass is 10.1. The lowest BCUT2D eigenvalue weighted by Gasteiger charge is -2.10. The lowest BCUT2D eigenvalue weighted by Crippen LogP contribution is -2.03. The van der Waals surface area contributed by atoms with E-state index in [4.69, 9.17) is 0 Å². The molecule has 1 aromatic heterocycles. The molecule has 1 aromatic rings. The zero-order valence-corrected chi connectivity index (χ0v) is 9.66. The Morgan fingerprint density at radius 2 is 2.07 bits per heavy atom. The molecule has 1 heterocycles. The highest BCUT2D eigenvalue weighted by atomic mass is 15.0. The van der Waals surface area contributed by atoms with Crippen molar-refractivity contribution in [3.8, 4) is 0 Å². The molecule has 0 aliphatic carbocycles. The SMILES string of the molecule is CCCCCCn1cncc1C(C)C. The molecular weight excluding hydrogens is 172 g/mol. The van der Waals surface area contributed by atoms with Gasteiger partial charge in [0.1, 0.15) is 0 Å². The van der Waals surface area contributed by atoms with Gasteiger partial charge in [0.15, 0.2) is 0 Å². The van der Waals surface area contributed by atoms with Gasteiger partial charge in [0.2, 0.25) is 0 Å². The average Bonchev–Trinajstić information content (AvgIpc) is 2.60. The van der Waals surface area contributed by atoms with Crippen molar-refractivity contribution in [1.82, 2.24) is 9.55 Å². The number of hydrogen-bond acceptors (Lipinski definition) is 1. The molecule has 0 amide bonds. The van der Waals surface area contributed by atoms with Gasteiger partial charge in [-0.05, 0) is 12.3 Å². The van der Waals surface area contributed by atoms with Crippen molar-refractivity contribution < 1.29 is 0 Å². The summed E-state index contributed by atoms with van der Waals surface area (Å²) >= 11 is 0. The summed E-state index contributed by atoms with van der Waals surface area (Å²) < 4.78 is 2.29. The zero-order chi connectivity index (χ0) is 10.4. The first-order valence-corrected chi connectivity index (χ1v) is 5.75. The fourth-order valence-electron chi connectivity index (χ4n) is 1.71. The Kier molecular flexibility index (Phi) is 4.71. The fourth-order valence-corrected chi connectivity index (χ4v) is 1.71. The van der Waals surface area contributed by atoms with E-state index in [2.05, 4.69) is 30.3 Å². The molecule has 0 atom stereocenters. The minimum Gasteiger partial charge on any atom is -0.334 e. The summed E-state index contributed by atoms with van der Waals surface area (Å²) in [5.41, 5.74) is 1.36. The van der Waals surface area contributed by atoms with Crippen LogP contribution in [0.5, 0.6) is 0 Å². The maximum Gasteiger partial charge on any atom is 0.0948 e. The van der Waals surface area contributed by atoms with Crippen molar-refractivity contribution in [2.24, 2.45) is 0 Å². The van der Waals surface area contributed by atoms with Crippen LogP contribution in [-0.2, 0) is 6.54 Å². The maximum atomic E-state index is 4.21. The maximum absolute atomic E-state index is 4.21. The normalized spacial score (nSPS) is 11.1. The number of imidazole rings is 1. The molecule has 0 aromatic carbocycles. The molecule has 2 nitrogen and oxygen atoms in total. The first kappa shape index (κ1) is 11.3. The van der Waals surface area contributed by atoms with Crippen LogP contribution in [0.25, 0.3) is 0 Å². The van der Waals surface area contributed by atoms with E-state index in [0.29, 0.717) is 5.92 Å². The Bertz CT molecular complexity index is 251. The number of unbranched alkanes of at least 4 members (excludes halogenated alkanes) is 3. The van der Waals surface area contributed by atoms with Gasteiger partial charge in [-0.2, -0.15) is 0 Å². The van der Waals surface area contributed by atoms with Crippen LogP contribution in [0, 0.1) is 0 Å². The number of rotatable bonds is 6. The van der Waals surface area contributed by atoms with Crippen LogP contribution in [0.4, 0.5) is 0 Å². The number of nitrogens with zero attached hydrogens (tertiary/aromatic N) is 2. The molecule has 0 aliphatic heterocycles. The lowest BCUT2D eigenvalue weighted by molar-refractivity contribution is 0.558. The van der Waals surface area contributed by atoms with Crippen molar-refractivity contribution in [3.63, 3.8) is 0 Å².